The van der Waals surface area contributed by atoms with E-state index in [9.17, 15) is 5.11 Å². The van der Waals surface area contributed by atoms with E-state index in [1.807, 2.05) is 6.92 Å². The molecule has 0 amide bonds. The molecule has 0 heterocycles. The molecule has 0 aromatic rings. The monoisotopic (exact) mass is 228 g/mol. The van der Waals surface area contributed by atoms with Crippen molar-refractivity contribution in [2.45, 2.75) is 77.4 Å². The van der Waals surface area contributed by atoms with E-state index in [1.54, 1.807) is 0 Å². The van der Waals surface area contributed by atoms with Gasteiger partial charge in [0.2, 0.25) is 0 Å². The Morgan fingerprint density at radius 1 is 1.12 bits per heavy atom. The minimum Gasteiger partial charge on any atom is -0.390 e. The van der Waals surface area contributed by atoms with E-state index in [-0.39, 0.29) is 11.7 Å². The van der Waals surface area contributed by atoms with Gasteiger partial charge in [-0.25, -0.2) is 0 Å². The van der Waals surface area contributed by atoms with Crippen LogP contribution in [0.15, 0.2) is 0 Å². The van der Waals surface area contributed by atoms with E-state index < -0.39 is 0 Å². The lowest BCUT2D eigenvalue weighted by molar-refractivity contribution is -0.123. The van der Waals surface area contributed by atoms with Crippen LogP contribution in [0.25, 0.3) is 0 Å². The fraction of sp³-hybridized carbons (Fsp3) is 1.00. The summed E-state index contributed by atoms with van der Waals surface area (Å²) in [5, 5.41) is 10.4. The molecule has 1 N–H and O–H groups in total. The van der Waals surface area contributed by atoms with Gasteiger partial charge in [0.05, 0.1) is 11.7 Å². The Bertz CT molecular complexity index is 181. The van der Waals surface area contributed by atoms with E-state index in [0.717, 1.165) is 38.7 Å². The maximum absolute atomic E-state index is 10.4. The van der Waals surface area contributed by atoms with E-state index >= 15 is 0 Å². The predicted octanol–water partition coefficient (Wildman–Crippen LogP) is 3.52. The topological polar surface area (TPSA) is 29.5 Å². The summed E-state index contributed by atoms with van der Waals surface area (Å²) >= 11 is 0. The minimum atomic E-state index is -0.264. The lowest BCUT2D eigenvalue weighted by Gasteiger charge is -2.35. The molecule has 0 spiro atoms. The van der Waals surface area contributed by atoms with Crippen molar-refractivity contribution in [1.29, 1.82) is 0 Å². The van der Waals surface area contributed by atoms with Crippen LogP contribution in [-0.4, -0.2) is 23.4 Å². The molecule has 1 unspecified atom stereocenters. The van der Waals surface area contributed by atoms with Gasteiger partial charge in [-0.2, -0.15) is 0 Å². The molecule has 2 heteroatoms. The molecule has 2 nitrogen and oxygen atoms in total. The minimum absolute atomic E-state index is 0.211. The largest absolute Gasteiger partial charge is 0.390 e. The third-order valence-electron chi connectivity index (χ3n) is 4.20. The molecule has 0 radical (unpaired) electrons. The van der Waals surface area contributed by atoms with E-state index in [0.29, 0.717) is 5.92 Å². The third-order valence-corrected chi connectivity index (χ3v) is 4.20. The quantitative estimate of drug-likeness (QED) is 0.722. The average molecular weight is 228 g/mol. The van der Waals surface area contributed by atoms with Crippen molar-refractivity contribution in [2.75, 3.05) is 6.61 Å². The summed E-state index contributed by atoms with van der Waals surface area (Å²) in [5.41, 5.74) is -0.211. The van der Waals surface area contributed by atoms with Gasteiger partial charge in [0.15, 0.2) is 0 Å². The highest BCUT2D eigenvalue weighted by atomic mass is 16.5. The van der Waals surface area contributed by atoms with E-state index in [2.05, 4.69) is 13.8 Å². The van der Waals surface area contributed by atoms with Crippen LogP contribution in [0.3, 0.4) is 0 Å². The number of ether oxygens (including phenoxy) is 1. The van der Waals surface area contributed by atoms with Crippen molar-refractivity contribution in [3.63, 3.8) is 0 Å². The first kappa shape index (κ1) is 14.0. The molecule has 1 rings (SSSR count). The van der Waals surface area contributed by atoms with Crippen molar-refractivity contribution in [3.05, 3.63) is 0 Å². The van der Waals surface area contributed by atoms with Crippen molar-refractivity contribution >= 4 is 0 Å². The van der Waals surface area contributed by atoms with Gasteiger partial charge in [-0.15, -0.1) is 0 Å². The lowest BCUT2D eigenvalue weighted by Crippen LogP contribution is -2.43. The van der Waals surface area contributed by atoms with E-state index in [4.69, 9.17) is 4.74 Å². The smallest absolute Gasteiger partial charge is 0.0940 e. The number of aliphatic hydroxyl groups is 1. The average Bonchev–Trinajstić information content (AvgIpc) is 2.76. The summed E-state index contributed by atoms with van der Waals surface area (Å²) in [6, 6.07) is 0. The number of rotatable bonds is 7. The lowest BCUT2D eigenvalue weighted by atomic mass is 9.85. The molecule has 1 aliphatic rings. The second kappa shape index (κ2) is 6.61. The fourth-order valence-electron chi connectivity index (χ4n) is 2.99. The first-order valence-corrected chi connectivity index (χ1v) is 7.00. The zero-order chi connectivity index (χ0) is 12.0. The van der Waals surface area contributed by atoms with Crippen molar-refractivity contribution < 1.29 is 9.84 Å². The number of hydrogen-bond donors (Lipinski definition) is 1. The Balaban J connectivity index is 2.56. The number of aliphatic hydroxyl groups excluding tert-OH is 1. The van der Waals surface area contributed by atoms with E-state index in [1.165, 1.54) is 12.8 Å². The molecule has 1 aliphatic carbocycles. The zero-order valence-corrected chi connectivity index (χ0v) is 11.2. The Morgan fingerprint density at radius 3 is 2.12 bits per heavy atom. The molecular formula is C14H28O2. The van der Waals surface area contributed by atoms with Crippen LogP contribution in [0.5, 0.6) is 0 Å². The van der Waals surface area contributed by atoms with Gasteiger partial charge in [0.1, 0.15) is 0 Å². The van der Waals surface area contributed by atoms with Crippen molar-refractivity contribution in [2.24, 2.45) is 5.92 Å². The van der Waals surface area contributed by atoms with Gasteiger partial charge in [0.25, 0.3) is 0 Å². The van der Waals surface area contributed by atoms with Gasteiger partial charge in [0, 0.05) is 6.61 Å². The van der Waals surface area contributed by atoms with Crippen molar-refractivity contribution in [3.8, 4) is 0 Å². The van der Waals surface area contributed by atoms with Crippen LogP contribution < -0.4 is 0 Å². The molecule has 96 valence electrons. The molecule has 1 atom stereocenters. The molecule has 0 aromatic heterocycles. The summed E-state index contributed by atoms with van der Waals surface area (Å²) < 4.78 is 5.89. The third kappa shape index (κ3) is 3.21. The molecule has 0 aliphatic heterocycles. The standard InChI is InChI=1S/C14H28O2/c1-4-12(5-2)11-13(15)14(16-6-3)9-7-8-10-14/h12-13,15H,4-11H2,1-3H3. The van der Waals surface area contributed by atoms with Gasteiger partial charge in [-0.3, -0.25) is 0 Å². The summed E-state index contributed by atoms with van der Waals surface area (Å²) in [7, 11) is 0. The highest BCUT2D eigenvalue weighted by molar-refractivity contribution is 4.93. The molecule has 1 fully saturated rings. The summed E-state index contributed by atoms with van der Waals surface area (Å²) in [5.74, 6) is 0.646. The summed E-state index contributed by atoms with van der Waals surface area (Å²) in [6.07, 6.45) is 7.47. The SMILES string of the molecule is CCOC1(C(O)CC(CC)CC)CCCC1. The molecule has 1 saturated carbocycles. The predicted molar refractivity (Wildman–Crippen MR) is 67.5 cm³/mol. The maximum Gasteiger partial charge on any atom is 0.0940 e. The second-order valence-corrected chi connectivity index (χ2v) is 5.14. The molecule has 0 bridgehead atoms. The van der Waals surface area contributed by atoms with Gasteiger partial charge >= 0.3 is 0 Å². The highest BCUT2D eigenvalue weighted by Gasteiger charge is 2.41. The first-order valence-electron chi connectivity index (χ1n) is 7.00. The molecule has 0 aromatic carbocycles. The van der Waals surface area contributed by atoms with Crippen LogP contribution in [0, 0.1) is 5.92 Å². The maximum atomic E-state index is 10.4. The van der Waals surface area contributed by atoms with Crippen LogP contribution in [0.1, 0.15) is 65.7 Å². The molecule has 16 heavy (non-hydrogen) atoms. The van der Waals surface area contributed by atoms with Crippen molar-refractivity contribution in [1.82, 2.24) is 0 Å². The molecule has 0 saturated heterocycles. The van der Waals surface area contributed by atoms with Gasteiger partial charge in [-0.1, -0.05) is 39.5 Å². The van der Waals surface area contributed by atoms with Gasteiger partial charge in [-0.05, 0) is 32.1 Å². The molecular weight excluding hydrogens is 200 g/mol. The number of hydrogen-bond acceptors (Lipinski definition) is 2. The Labute approximate surface area is 100 Å². The van der Waals surface area contributed by atoms with Crippen LogP contribution in [0.2, 0.25) is 0 Å². The van der Waals surface area contributed by atoms with Crippen LogP contribution in [0.4, 0.5) is 0 Å². The zero-order valence-electron chi connectivity index (χ0n) is 11.2. The summed E-state index contributed by atoms with van der Waals surface area (Å²) in [6.45, 7) is 7.18. The van der Waals surface area contributed by atoms with Crippen LogP contribution >= 0.6 is 0 Å². The van der Waals surface area contributed by atoms with Crippen LogP contribution in [-0.2, 0) is 4.74 Å². The first-order chi connectivity index (χ1) is 7.68. The second-order valence-electron chi connectivity index (χ2n) is 5.14. The Hall–Kier alpha value is -0.0800. The highest BCUT2D eigenvalue weighted by Crippen LogP contribution is 2.38. The normalized spacial score (nSPS) is 21.6. The van der Waals surface area contributed by atoms with Gasteiger partial charge < -0.3 is 9.84 Å². The fourth-order valence-corrected chi connectivity index (χ4v) is 2.99. The summed E-state index contributed by atoms with van der Waals surface area (Å²) in [4.78, 5) is 0. The Morgan fingerprint density at radius 2 is 1.69 bits per heavy atom. The Kier molecular flexibility index (Phi) is 5.77.